The predicted molar refractivity (Wildman–Crippen MR) is 127 cm³/mol. The van der Waals surface area contributed by atoms with Gasteiger partial charge in [-0.15, -0.1) is 34.2 Å². The molecule has 3 rings (SSSR count). The van der Waals surface area contributed by atoms with Crippen LogP contribution < -0.4 is 10.6 Å². The molecule has 2 heterocycles. The standard InChI is InChI=1S/C20H29ClN6O.HI/c1-3-18-26-25-15-27(18)11-10-23-19(22-2)24-14-20(8-12-28-13-9-20)16-6-4-5-7-17(16)21;/h4-7,15H,3,8-14H2,1-2H3,(H2,22,23,24);1H. The zero-order valence-corrected chi connectivity index (χ0v) is 20.1. The molecule has 1 aromatic heterocycles. The lowest BCUT2D eigenvalue weighted by Crippen LogP contribution is -2.48. The molecule has 1 saturated heterocycles. The van der Waals surface area contributed by atoms with Crippen LogP contribution in [0.4, 0.5) is 0 Å². The number of aliphatic imine (C=N–C) groups is 1. The second kappa shape index (κ2) is 11.7. The normalized spacial score (nSPS) is 16.2. The van der Waals surface area contributed by atoms with Crippen molar-refractivity contribution in [3.05, 3.63) is 47.0 Å². The summed E-state index contributed by atoms with van der Waals surface area (Å²) >= 11 is 6.54. The van der Waals surface area contributed by atoms with Crippen LogP contribution >= 0.6 is 35.6 Å². The first kappa shape index (κ1) is 23.9. The van der Waals surface area contributed by atoms with Gasteiger partial charge in [-0.3, -0.25) is 4.99 Å². The molecule has 9 heteroatoms. The van der Waals surface area contributed by atoms with Gasteiger partial charge >= 0.3 is 0 Å². The Kier molecular flexibility index (Phi) is 9.64. The second-order valence-corrected chi connectivity index (χ2v) is 7.43. The molecule has 0 aliphatic carbocycles. The fraction of sp³-hybridized carbons (Fsp3) is 0.550. The highest BCUT2D eigenvalue weighted by molar-refractivity contribution is 14.0. The van der Waals surface area contributed by atoms with Gasteiger partial charge in [-0.2, -0.15) is 0 Å². The molecule has 160 valence electrons. The minimum atomic E-state index is -0.0577. The third-order valence-electron chi connectivity index (χ3n) is 5.37. The van der Waals surface area contributed by atoms with Crippen molar-refractivity contribution in [1.29, 1.82) is 0 Å². The van der Waals surface area contributed by atoms with E-state index in [4.69, 9.17) is 16.3 Å². The molecular weight excluding hydrogens is 503 g/mol. The number of nitrogens with one attached hydrogen (secondary N) is 2. The number of benzene rings is 1. The largest absolute Gasteiger partial charge is 0.381 e. The molecule has 1 aromatic carbocycles. The van der Waals surface area contributed by atoms with E-state index >= 15 is 0 Å². The Morgan fingerprint density at radius 1 is 1.28 bits per heavy atom. The molecule has 1 fully saturated rings. The van der Waals surface area contributed by atoms with Crippen molar-refractivity contribution in [2.45, 2.75) is 38.1 Å². The van der Waals surface area contributed by atoms with Crippen LogP contribution in [-0.4, -0.2) is 54.1 Å². The van der Waals surface area contributed by atoms with E-state index in [0.29, 0.717) is 0 Å². The highest BCUT2D eigenvalue weighted by atomic mass is 127. The fourth-order valence-electron chi connectivity index (χ4n) is 3.70. The number of rotatable bonds is 7. The monoisotopic (exact) mass is 532 g/mol. The minimum Gasteiger partial charge on any atom is -0.381 e. The quantitative estimate of drug-likeness (QED) is 0.326. The van der Waals surface area contributed by atoms with E-state index in [1.807, 2.05) is 12.1 Å². The van der Waals surface area contributed by atoms with Crippen LogP contribution in [0.25, 0.3) is 0 Å². The van der Waals surface area contributed by atoms with Crippen LogP contribution in [-0.2, 0) is 23.1 Å². The Balaban J connectivity index is 0.00000300. The molecule has 2 N–H and O–H groups in total. The summed E-state index contributed by atoms with van der Waals surface area (Å²) in [6, 6.07) is 8.12. The van der Waals surface area contributed by atoms with Gasteiger partial charge in [0.05, 0.1) is 0 Å². The van der Waals surface area contributed by atoms with Gasteiger partial charge in [0, 0.05) is 56.8 Å². The van der Waals surface area contributed by atoms with E-state index < -0.39 is 0 Å². The van der Waals surface area contributed by atoms with Crippen LogP contribution in [0.3, 0.4) is 0 Å². The summed E-state index contributed by atoms with van der Waals surface area (Å²) < 4.78 is 7.68. The van der Waals surface area contributed by atoms with Gasteiger partial charge < -0.3 is 19.9 Å². The number of ether oxygens (including phenoxy) is 1. The molecule has 1 aliphatic heterocycles. The summed E-state index contributed by atoms with van der Waals surface area (Å²) in [4.78, 5) is 4.37. The van der Waals surface area contributed by atoms with Gasteiger partial charge in [-0.1, -0.05) is 36.7 Å². The summed E-state index contributed by atoms with van der Waals surface area (Å²) in [5, 5.41) is 15.8. The van der Waals surface area contributed by atoms with Crippen molar-refractivity contribution in [2.75, 3.05) is 33.4 Å². The average Bonchev–Trinajstić information content (AvgIpc) is 3.19. The molecule has 2 aromatic rings. The minimum absolute atomic E-state index is 0. The topological polar surface area (TPSA) is 76.4 Å². The first-order valence-electron chi connectivity index (χ1n) is 9.82. The lowest BCUT2D eigenvalue weighted by Gasteiger charge is -2.38. The third-order valence-corrected chi connectivity index (χ3v) is 5.70. The summed E-state index contributed by atoms with van der Waals surface area (Å²) in [5.41, 5.74) is 1.12. The van der Waals surface area contributed by atoms with Gasteiger partial charge in [0.25, 0.3) is 0 Å². The zero-order valence-electron chi connectivity index (χ0n) is 17.0. The van der Waals surface area contributed by atoms with E-state index in [1.165, 1.54) is 5.56 Å². The molecule has 0 radical (unpaired) electrons. The summed E-state index contributed by atoms with van der Waals surface area (Å²) in [6.45, 7) is 5.86. The molecule has 0 unspecified atom stereocenters. The highest BCUT2D eigenvalue weighted by Crippen LogP contribution is 2.38. The Hall–Kier alpha value is -1.39. The van der Waals surface area contributed by atoms with E-state index in [9.17, 15) is 0 Å². The van der Waals surface area contributed by atoms with Crippen molar-refractivity contribution in [3.63, 3.8) is 0 Å². The number of hydrogen-bond acceptors (Lipinski definition) is 4. The van der Waals surface area contributed by atoms with E-state index in [2.05, 4.69) is 49.4 Å². The molecule has 29 heavy (non-hydrogen) atoms. The van der Waals surface area contributed by atoms with Crippen LogP contribution in [0.15, 0.2) is 35.6 Å². The number of guanidine groups is 1. The number of aryl methyl sites for hydroxylation is 1. The predicted octanol–water partition coefficient (Wildman–Crippen LogP) is 3.03. The number of nitrogens with zero attached hydrogens (tertiary/aromatic N) is 4. The van der Waals surface area contributed by atoms with Gasteiger partial charge in [0.15, 0.2) is 5.96 Å². The maximum absolute atomic E-state index is 6.54. The van der Waals surface area contributed by atoms with Crippen molar-refractivity contribution < 1.29 is 4.74 Å². The van der Waals surface area contributed by atoms with Crippen LogP contribution in [0.5, 0.6) is 0 Å². The van der Waals surface area contributed by atoms with Crippen molar-refractivity contribution in [2.24, 2.45) is 4.99 Å². The molecule has 7 nitrogen and oxygen atoms in total. The lowest BCUT2D eigenvalue weighted by molar-refractivity contribution is 0.0514. The Bertz CT molecular complexity index is 791. The van der Waals surface area contributed by atoms with Crippen LogP contribution in [0.2, 0.25) is 5.02 Å². The number of hydrogen-bond donors (Lipinski definition) is 2. The van der Waals surface area contributed by atoms with Crippen molar-refractivity contribution >= 4 is 41.5 Å². The SMILES string of the molecule is CCc1nncn1CCNC(=NC)NCC1(c2ccccc2Cl)CCOCC1.I. The average molecular weight is 533 g/mol. The van der Waals surface area contributed by atoms with Gasteiger partial charge in [0.1, 0.15) is 12.2 Å². The number of aromatic nitrogens is 3. The molecule has 0 bridgehead atoms. The second-order valence-electron chi connectivity index (χ2n) is 7.02. The first-order valence-corrected chi connectivity index (χ1v) is 10.2. The van der Waals surface area contributed by atoms with Crippen LogP contribution in [0, 0.1) is 0 Å². The highest BCUT2D eigenvalue weighted by Gasteiger charge is 2.36. The maximum atomic E-state index is 6.54. The van der Waals surface area contributed by atoms with Crippen molar-refractivity contribution in [3.8, 4) is 0 Å². The molecule has 0 spiro atoms. The Labute approximate surface area is 194 Å². The molecule has 0 amide bonds. The Morgan fingerprint density at radius 2 is 2.03 bits per heavy atom. The third kappa shape index (κ3) is 6.05. The van der Waals surface area contributed by atoms with Gasteiger partial charge in [-0.05, 0) is 24.5 Å². The maximum Gasteiger partial charge on any atom is 0.191 e. The lowest BCUT2D eigenvalue weighted by atomic mass is 9.74. The van der Waals surface area contributed by atoms with Gasteiger partial charge in [-0.25, -0.2) is 0 Å². The zero-order chi connectivity index (χ0) is 19.8. The fourth-order valence-corrected chi connectivity index (χ4v) is 4.04. The molecule has 1 aliphatic rings. The summed E-state index contributed by atoms with van der Waals surface area (Å²) in [5.74, 6) is 1.77. The van der Waals surface area contributed by atoms with E-state index in [-0.39, 0.29) is 29.4 Å². The summed E-state index contributed by atoms with van der Waals surface area (Å²) in [6.07, 6.45) is 4.50. The summed E-state index contributed by atoms with van der Waals surface area (Å²) in [7, 11) is 1.79. The van der Waals surface area contributed by atoms with Crippen molar-refractivity contribution in [1.82, 2.24) is 25.4 Å². The van der Waals surface area contributed by atoms with E-state index in [1.54, 1.807) is 13.4 Å². The molecule has 0 atom stereocenters. The molecular formula is C20H30ClIN6O. The number of halogens is 2. The van der Waals surface area contributed by atoms with E-state index in [0.717, 1.165) is 68.9 Å². The Morgan fingerprint density at radius 3 is 2.72 bits per heavy atom. The smallest absolute Gasteiger partial charge is 0.191 e. The molecule has 0 saturated carbocycles. The van der Waals surface area contributed by atoms with Gasteiger partial charge in [0.2, 0.25) is 0 Å². The first-order chi connectivity index (χ1) is 13.7. The van der Waals surface area contributed by atoms with Crippen LogP contribution in [0.1, 0.15) is 31.2 Å².